The van der Waals surface area contributed by atoms with E-state index in [4.69, 9.17) is 0 Å². The quantitative estimate of drug-likeness (QED) is 0.739. The van der Waals surface area contributed by atoms with E-state index in [0.717, 1.165) is 24.0 Å². The number of benzene rings is 2. The van der Waals surface area contributed by atoms with Crippen LogP contribution in [-0.4, -0.2) is 5.78 Å². The molecule has 0 unspecified atom stereocenters. The Morgan fingerprint density at radius 1 is 0.842 bits per heavy atom. The van der Waals surface area contributed by atoms with Gasteiger partial charge < -0.3 is 0 Å². The molecule has 0 aliphatic carbocycles. The Hall–Kier alpha value is -1.89. The Kier molecular flexibility index (Phi) is 4.16. The zero-order chi connectivity index (χ0) is 13.8. The van der Waals surface area contributed by atoms with Crippen molar-refractivity contribution < 1.29 is 4.79 Å². The van der Waals surface area contributed by atoms with Crippen molar-refractivity contribution in [2.75, 3.05) is 0 Å². The molecule has 0 N–H and O–H groups in total. The van der Waals surface area contributed by atoms with Gasteiger partial charge in [0.2, 0.25) is 0 Å². The first-order chi connectivity index (χ1) is 9.15. The topological polar surface area (TPSA) is 17.1 Å². The minimum absolute atomic E-state index is 0.109. The second kappa shape index (κ2) is 5.83. The van der Waals surface area contributed by atoms with Gasteiger partial charge in [0.25, 0.3) is 0 Å². The molecule has 98 valence electrons. The summed E-state index contributed by atoms with van der Waals surface area (Å²) >= 11 is 0. The van der Waals surface area contributed by atoms with Crippen LogP contribution in [0.1, 0.15) is 46.5 Å². The average Bonchev–Trinajstić information content (AvgIpc) is 2.46. The van der Waals surface area contributed by atoms with Crippen LogP contribution in [0.3, 0.4) is 0 Å². The predicted molar refractivity (Wildman–Crippen MR) is 79.8 cm³/mol. The van der Waals surface area contributed by atoms with Crippen LogP contribution in [0.4, 0.5) is 0 Å². The second-order valence-electron chi connectivity index (χ2n) is 4.89. The van der Waals surface area contributed by atoms with Crippen molar-refractivity contribution in [3.63, 3.8) is 0 Å². The molecule has 1 nitrogen and oxygen atoms in total. The zero-order valence-electron chi connectivity index (χ0n) is 11.9. The van der Waals surface area contributed by atoms with Gasteiger partial charge >= 0.3 is 0 Å². The molecule has 0 aliphatic rings. The largest absolute Gasteiger partial charge is 0.289 e. The number of aryl methyl sites for hydroxylation is 3. The minimum atomic E-state index is 0.109. The van der Waals surface area contributed by atoms with E-state index in [2.05, 4.69) is 19.9 Å². The first-order valence-corrected chi connectivity index (χ1v) is 6.88. The Labute approximate surface area is 115 Å². The summed E-state index contributed by atoms with van der Waals surface area (Å²) in [6, 6.07) is 13.8. The Bertz CT molecular complexity index is 579. The van der Waals surface area contributed by atoms with Crippen LogP contribution in [0, 0.1) is 6.92 Å². The SMILES string of the molecule is CCc1ccc(C(=O)c2ccc(C)cc2)cc1CC. The molecule has 2 aromatic rings. The first-order valence-electron chi connectivity index (χ1n) is 6.88. The van der Waals surface area contributed by atoms with Crippen molar-refractivity contribution in [1.29, 1.82) is 0 Å². The lowest BCUT2D eigenvalue weighted by molar-refractivity contribution is 0.103. The lowest BCUT2D eigenvalue weighted by Crippen LogP contribution is -2.03. The number of carbonyl (C=O) groups is 1. The minimum Gasteiger partial charge on any atom is -0.289 e. The van der Waals surface area contributed by atoms with Gasteiger partial charge in [0.1, 0.15) is 0 Å². The summed E-state index contributed by atoms with van der Waals surface area (Å²) in [5.41, 5.74) is 5.34. The van der Waals surface area contributed by atoms with Crippen LogP contribution < -0.4 is 0 Å². The second-order valence-corrected chi connectivity index (χ2v) is 4.89. The Morgan fingerprint density at radius 3 is 2.00 bits per heavy atom. The van der Waals surface area contributed by atoms with E-state index in [-0.39, 0.29) is 5.78 Å². The maximum atomic E-state index is 12.4. The highest BCUT2D eigenvalue weighted by Gasteiger charge is 2.10. The standard InChI is InChI=1S/C18H20O/c1-4-14-10-11-17(12-15(14)5-2)18(19)16-8-6-13(3)7-9-16/h6-12H,4-5H2,1-3H3. The summed E-state index contributed by atoms with van der Waals surface area (Å²) < 4.78 is 0. The van der Waals surface area contributed by atoms with Crippen molar-refractivity contribution in [3.8, 4) is 0 Å². The van der Waals surface area contributed by atoms with E-state index in [0.29, 0.717) is 0 Å². The number of carbonyl (C=O) groups excluding carboxylic acids is 1. The maximum Gasteiger partial charge on any atom is 0.193 e. The highest BCUT2D eigenvalue weighted by molar-refractivity contribution is 6.09. The third kappa shape index (κ3) is 2.93. The lowest BCUT2D eigenvalue weighted by atomic mass is 9.95. The Balaban J connectivity index is 2.36. The van der Waals surface area contributed by atoms with Crippen molar-refractivity contribution in [2.24, 2.45) is 0 Å². The van der Waals surface area contributed by atoms with Crippen LogP contribution in [0.15, 0.2) is 42.5 Å². The predicted octanol–water partition coefficient (Wildman–Crippen LogP) is 4.35. The van der Waals surface area contributed by atoms with Crippen LogP contribution in [0.5, 0.6) is 0 Å². The van der Waals surface area contributed by atoms with Crippen molar-refractivity contribution in [1.82, 2.24) is 0 Å². The molecule has 19 heavy (non-hydrogen) atoms. The summed E-state index contributed by atoms with van der Waals surface area (Å²) in [5, 5.41) is 0. The Morgan fingerprint density at radius 2 is 1.42 bits per heavy atom. The molecular weight excluding hydrogens is 232 g/mol. The summed E-state index contributed by atoms with van der Waals surface area (Å²) in [7, 11) is 0. The van der Waals surface area contributed by atoms with Gasteiger partial charge in [-0.15, -0.1) is 0 Å². The summed E-state index contributed by atoms with van der Waals surface area (Å²) in [6.07, 6.45) is 1.99. The molecule has 0 saturated carbocycles. The van der Waals surface area contributed by atoms with E-state index < -0.39 is 0 Å². The van der Waals surface area contributed by atoms with Crippen molar-refractivity contribution in [2.45, 2.75) is 33.6 Å². The third-order valence-electron chi connectivity index (χ3n) is 3.54. The molecule has 0 heterocycles. The number of rotatable bonds is 4. The van der Waals surface area contributed by atoms with Gasteiger partial charge in [-0.2, -0.15) is 0 Å². The van der Waals surface area contributed by atoms with Gasteiger partial charge in [0.15, 0.2) is 5.78 Å². The van der Waals surface area contributed by atoms with Gasteiger partial charge in [0, 0.05) is 11.1 Å². The highest BCUT2D eigenvalue weighted by Crippen LogP contribution is 2.17. The molecule has 2 aromatic carbocycles. The summed E-state index contributed by atoms with van der Waals surface area (Å²) in [4.78, 5) is 12.4. The van der Waals surface area contributed by atoms with Gasteiger partial charge in [-0.1, -0.05) is 55.8 Å². The van der Waals surface area contributed by atoms with E-state index in [9.17, 15) is 4.79 Å². The van der Waals surface area contributed by atoms with Crippen LogP contribution in [0.25, 0.3) is 0 Å². The van der Waals surface area contributed by atoms with Crippen LogP contribution >= 0.6 is 0 Å². The van der Waals surface area contributed by atoms with E-state index >= 15 is 0 Å². The highest BCUT2D eigenvalue weighted by atomic mass is 16.1. The molecule has 0 atom stereocenters. The molecule has 0 aliphatic heterocycles. The zero-order valence-corrected chi connectivity index (χ0v) is 11.9. The molecule has 0 radical (unpaired) electrons. The van der Waals surface area contributed by atoms with Crippen LogP contribution in [0.2, 0.25) is 0 Å². The lowest BCUT2D eigenvalue weighted by Gasteiger charge is -2.08. The van der Waals surface area contributed by atoms with Crippen molar-refractivity contribution in [3.05, 3.63) is 70.3 Å². The number of hydrogen-bond donors (Lipinski definition) is 0. The van der Waals surface area contributed by atoms with Gasteiger partial charge in [-0.25, -0.2) is 0 Å². The molecule has 0 amide bonds. The first kappa shape index (κ1) is 13.5. The van der Waals surface area contributed by atoms with E-state index in [1.165, 1.54) is 16.7 Å². The fourth-order valence-electron chi connectivity index (χ4n) is 2.31. The fraction of sp³-hybridized carbons (Fsp3) is 0.278. The molecule has 2 rings (SSSR count). The number of hydrogen-bond acceptors (Lipinski definition) is 1. The summed E-state index contributed by atoms with van der Waals surface area (Å²) in [6.45, 7) is 6.31. The molecular formula is C18H20O. The van der Waals surface area contributed by atoms with Gasteiger partial charge in [0.05, 0.1) is 0 Å². The molecule has 1 heteroatoms. The van der Waals surface area contributed by atoms with Crippen LogP contribution in [-0.2, 0) is 12.8 Å². The smallest absolute Gasteiger partial charge is 0.193 e. The number of ketones is 1. The van der Waals surface area contributed by atoms with E-state index in [1.807, 2.05) is 43.3 Å². The third-order valence-corrected chi connectivity index (χ3v) is 3.54. The van der Waals surface area contributed by atoms with E-state index in [1.54, 1.807) is 0 Å². The normalized spacial score (nSPS) is 10.5. The van der Waals surface area contributed by atoms with Gasteiger partial charge in [-0.05, 0) is 37.0 Å². The average molecular weight is 252 g/mol. The fourth-order valence-corrected chi connectivity index (χ4v) is 2.31. The maximum absolute atomic E-state index is 12.4. The van der Waals surface area contributed by atoms with Crippen molar-refractivity contribution >= 4 is 5.78 Å². The molecule has 0 spiro atoms. The summed E-state index contributed by atoms with van der Waals surface area (Å²) in [5.74, 6) is 0.109. The molecule has 0 aromatic heterocycles. The molecule has 0 fully saturated rings. The monoisotopic (exact) mass is 252 g/mol. The van der Waals surface area contributed by atoms with Gasteiger partial charge in [-0.3, -0.25) is 4.79 Å². The molecule has 0 bridgehead atoms. The molecule has 0 saturated heterocycles.